The molecule has 0 rings (SSSR count). The Morgan fingerprint density at radius 2 is 2.08 bits per heavy atom. The zero-order chi connectivity index (χ0) is 9.45. The van der Waals surface area contributed by atoms with Crippen molar-refractivity contribution in [2.75, 3.05) is 6.61 Å². The van der Waals surface area contributed by atoms with Crippen molar-refractivity contribution in [1.82, 2.24) is 0 Å². The third-order valence-electron chi connectivity index (χ3n) is 1.79. The van der Waals surface area contributed by atoms with Gasteiger partial charge in [-0.1, -0.05) is 31.4 Å². The highest BCUT2D eigenvalue weighted by atomic mass is 35.5. The molecule has 0 aromatic heterocycles. The van der Waals surface area contributed by atoms with Crippen LogP contribution in [-0.2, 0) is 4.43 Å². The summed E-state index contributed by atoms with van der Waals surface area (Å²) >= 11 is 5.39. The lowest BCUT2D eigenvalue weighted by Gasteiger charge is -2.21. The van der Waals surface area contributed by atoms with Crippen molar-refractivity contribution in [2.24, 2.45) is 0 Å². The van der Waals surface area contributed by atoms with E-state index in [4.69, 9.17) is 16.0 Å². The van der Waals surface area contributed by atoms with Gasteiger partial charge >= 0.3 is 0 Å². The Balaban J connectivity index is 3.55. The van der Waals surface area contributed by atoms with E-state index in [1.165, 1.54) is 24.4 Å². The van der Waals surface area contributed by atoms with Crippen LogP contribution in [0.5, 0.6) is 0 Å². The van der Waals surface area contributed by atoms with Gasteiger partial charge < -0.3 is 4.43 Å². The molecule has 0 N–H and O–H groups in total. The summed E-state index contributed by atoms with van der Waals surface area (Å²) in [6.45, 7) is 7.39. The fourth-order valence-electron chi connectivity index (χ4n) is 0.985. The summed E-state index contributed by atoms with van der Waals surface area (Å²) in [5, 5.41) is 0. The number of hydrogen-bond acceptors (Lipinski definition) is 1. The lowest BCUT2D eigenvalue weighted by molar-refractivity contribution is 0.350. The molecule has 0 aromatic rings. The summed E-state index contributed by atoms with van der Waals surface area (Å²) in [4.78, 5) is 0. The van der Waals surface area contributed by atoms with Gasteiger partial charge in [0.05, 0.1) is 6.61 Å². The van der Waals surface area contributed by atoms with Crippen molar-refractivity contribution in [3.05, 3.63) is 11.6 Å². The van der Waals surface area contributed by atoms with Crippen LogP contribution in [0.25, 0.3) is 0 Å². The van der Waals surface area contributed by atoms with Crippen molar-refractivity contribution in [1.29, 1.82) is 0 Å². The molecule has 0 fully saturated rings. The Labute approximate surface area is 81.9 Å². The van der Waals surface area contributed by atoms with Crippen LogP contribution in [0.1, 0.15) is 19.8 Å². The maximum atomic E-state index is 5.74. The van der Waals surface area contributed by atoms with Crippen LogP contribution < -0.4 is 0 Å². The molecule has 3 heteroatoms. The summed E-state index contributed by atoms with van der Waals surface area (Å²) in [6, 6.07) is 1.25. The molecule has 0 saturated heterocycles. The van der Waals surface area contributed by atoms with Gasteiger partial charge in [0.2, 0.25) is 0 Å². The van der Waals surface area contributed by atoms with Crippen LogP contribution in [0, 0.1) is 0 Å². The fraction of sp³-hybridized carbons (Fsp3) is 0.778. The van der Waals surface area contributed by atoms with E-state index in [1.807, 2.05) is 6.08 Å². The summed E-state index contributed by atoms with van der Waals surface area (Å²) < 4.78 is 5.74. The lowest BCUT2D eigenvalue weighted by Crippen LogP contribution is -2.29. The predicted molar refractivity (Wildman–Crippen MR) is 58.1 cm³/mol. The van der Waals surface area contributed by atoms with Gasteiger partial charge in [-0.25, -0.2) is 0 Å². The summed E-state index contributed by atoms with van der Waals surface area (Å²) in [5.74, 6) is 0. The quantitative estimate of drug-likeness (QED) is 0.602. The van der Waals surface area contributed by atoms with E-state index in [9.17, 15) is 0 Å². The van der Waals surface area contributed by atoms with Crippen LogP contribution in [-0.4, -0.2) is 14.9 Å². The van der Waals surface area contributed by atoms with E-state index >= 15 is 0 Å². The number of rotatable bonds is 6. The van der Waals surface area contributed by atoms with Gasteiger partial charge in [0.15, 0.2) is 8.32 Å². The summed E-state index contributed by atoms with van der Waals surface area (Å²) in [5.41, 5.74) is 1.52. The van der Waals surface area contributed by atoms with Crippen molar-refractivity contribution in [3.8, 4) is 0 Å². The second-order valence-corrected chi connectivity index (χ2v) is 8.10. The molecule has 12 heavy (non-hydrogen) atoms. The Morgan fingerprint density at radius 1 is 1.42 bits per heavy atom. The van der Waals surface area contributed by atoms with Crippen LogP contribution in [0.3, 0.4) is 0 Å². The maximum Gasteiger partial charge on any atom is 0.187 e. The van der Waals surface area contributed by atoms with Crippen LogP contribution in [0.2, 0.25) is 19.1 Å². The molecule has 0 atom stereocenters. The normalized spacial score (nSPS) is 12.7. The largest absolute Gasteiger partial charge is 0.414 e. The second kappa shape index (κ2) is 6.69. The summed E-state index contributed by atoms with van der Waals surface area (Å²) in [6.07, 6.45) is 4.39. The molecule has 0 saturated carbocycles. The molecule has 0 aliphatic rings. The van der Waals surface area contributed by atoms with E-state index < -0.39 is 8.32 Å². The van der Waals surface area contributed by atoms with Gasteiger partial charge in [0.25, 0.3) is 0 Å². The number of halogens is 1. The van der Waals surface area contributed by atoms with E-state index in [2.05, 4.69) is 20.0 Å². The molecule has 0 aromatic carbocycles. The van der Waals surface area contributed by atoms with Crippen molar-refractivity contribution in [3.63, 3.8) is 0 Å². The van der Waals surface area contributed by atoms with Crippen molar-refractivity contribution < 1.29 is 4.43 Å². The minimum Gasteiger partial charge on any atom is -0.414 e. The standard InChI is InChI=1S/C9H19ClOSi/c1-4-5-9-12(2,3)11-8-6-7-10/h6-7H,4-5,8-9H2,1-3H3/b7-6+. The molecule has 0 radical (unpaired) electrons. The lowest BCUT2D eigenvalue weighted by atomic mass is 10.4. The zero-order valence-corrected chi connectivity index (χ0v) is 10.0. The van der Waals surface area contributed by atoms with Crippen LogP contribution >= 0.6 is 11.6 Å². The Morgan fingerprint density at radius 3 is 2.58 bits per heavy atom. The first-order valence-corrected chi connectivity index (χ1v) is 8.07. The predicted octanol–water partition coefficient (Wildman–Crippen LogP) is 3.76. The molecule has 0 spiro atoms. The van der Waals surface area contributed by atoms with Crippen LogP contribution in [0.4, 0.5) is 0 Å². The molecular weight excluding hydrogens is 188 g/mol. The minimum absolute atomic E-state index is 0.673. The Hall–Kier alpha value is 0.207. The van der Waals surface area contributed by atoms with E-state index in [0.717, 1.165) is 0 Å². The fourth-order valence-corrected chi connectivity index (χ4v) is 2.95. The van der Waals surface area contributed by atoms with E-state index in [0.29, 0.717) is 6.61 Å². The highest BCUT2D eigenvalue weighted by Crippen LogP contribution is 2.14. The molecule has 0 aliphatic carbocycles. The molecular formula is C9H19ClOSi. The smallest absolute Gasteiger partial charge is 0.187 e. The van der Waals surface area contributed by atoms with Gasteiger partial charge in [-0.15, -0.1) is 0 Å². The number of unbranched alkanes of at least 4 members (excludes halogenated alkanes) is 1. The van der Waals surface area contributed by atoms with E-state index in [1.54, 1.807) is 0 Å². The van der Waals surface area contributed by atoms with Gasteiger partial charge in [0.1, 0.15) is 0 Å². The third-order valence-corrected chi connectivity index (χ3v) is 4.48. The molecule has 0 unspecified atom stereocenters. The Kier molecular flexibility index (Phi) is 6.81. The minimum atomic E-state index is -1.37. The van der Waals surface area contributed by atoms with Gasteiger partial charge in [-0.05, 0) is 25.2 Å². The van der Waals surface area contributed by atoms with Crippen LogP contribution in [0.15, 0.2) is 11.6 Å². The van der Waals surface area contributed by atoms with Gasteiger partial charge in [-0.2, -0.15) is 0 Å². The van der Waals surface area contributed by atoms with Gasteiger partial charge in [-0.3, -0.25) is 0 Å². The molecule has 72 valence electrons. The first kappa shape index (κ1) is 12.2. The molecule has 1 nitrogen and oxygen atoms in total. The monoisotopic (exact) mass is 206 g/mol. The van der Waals surface area contributed by atoms with Crippen molar-refractivity contribution in [2.45, 2.75) is 38.9 Å². The van der Waals surface area contributed by atoms with E-state index in [-0.39, 0.29) is 0 Å². The zero-order valence-electron chi connectivity index (χ0n) is 8.27. The Bertz CT molecular complexity index is 134. The number of hydrogen-bond donors (Lipinski definition) is 0. The SMILES string of the molecule is CCCC[Si](C)(C)OC/C=C/Cl. The molecule has 0 amide bonds. The van der Waals surface area contributed by atoms with Gasteiger partial charge in [0, 0.05) is 5.54 Å². The topological polar surface area (TPSA) is 9.23 Å². The van der Waals surface area contributed by atoms with Crippen molar-refractivity contribution >= 4 is 19.9 Å². The second-order valence-electron chi connectivity index (χ2n) is 3.54. The average molecular weight is 207 g/mol. The first-order valence-electron chi connectivity index (χ1n) is 4.51. The highest BCUT2D eigenvalue weighted by molar-refractivity contribution is 6.71. The summed E-state index contributed by atoms with van der Waals surface area (Å²) in [7, 11) is -1.37. The maximum absolute atomic E-state index is 5.74. The average Bonchev–Trinajstić information content (AvgIpc) is 2.01. The first-order chi connectivity index (χ1) is 5.62. The highest BCUT2D eigenvalue weighted by Gasteiger charge is 2.20. The third kappa shape index (κ3) is 6.89. The molecule has 0 bridgehead atoms. The molecule has 0 aliphatic heterocycles. The molecule has 0 heterocycles.